The number of nitrogens with two attached hydrogens (primary N) is 1. The summed E-state index contributed by atoms with van der Waals surface area (Å²) in [6.07, 6.45) is 3.20. The highest BCUT2D eigenvalue weighted by molar-refractivity contribution is 5.82. The number of carboxylic acids is 1. The topological polar surface area (TPSA) is 83.6 Å². The van der Waals surface area contributed by atoms with Crippen molar-refractivity contribution in [3.8, 4) is 0 Å². The lowest BCUT2D eigenvalue weighted by Crippen LogP contribution is -2.45. The van der Waals surface area contributed by atoms with E-state index in [0.717, 1.165) is 25.8 Å². The fourth-order valence-corrected chi connectivity index (χ4v) is 1.72. The molecule has 0 saturated heterocycles. The fourth-order valence-electron chi connectivity index (χ4n) is 1.72. The first-order valence-electron chi connectivity index (χ1n) is 5.84. The summed E-state index contributed by atoms with van der Waals surface area (Å²) >= 11 is 0. The molecule has 0 heterocycles. The van der Waals surface area contributed by atoms with E-state index < -0.39 is 12.0 Å². The summed E-state index contributed by atoms with van der Waals surface area (Å²) in [5.74, 6) is -0.998. The molecule has 1 saturated carbocycles. The number of carbonyl (C=O) groups is 2. The maximum absolute atomic E-state index is 11.9. The van der Waals surface area contributed by atoms with Crippen LogP contribution in [0.25, 0.3) is 0 Å². The standard InChI is InChI=1S/C11H20N2O3/c1-2-7-13(8-3-4-8)11(16)9(12)5-6-10(14)15/h8-9H,2-7,12H2,1H3,(H,14,15). The van der Waals surface area contributed by atoms with Gasteiger partial charge in [0.15, 0.2) is 0 Å². The summed E-state index contributed by atoms with van der Waals surface area (Å²) in [7, 11) is 0. The van der Waals surface area contributed by atoms with Crippen LogP contribution >= 0.6 is 0 Å². The van der Waals surface area contributed by atoms with Crippen LogP contribution in [0.2, 0.25) is 0 Å². The molecule has 5 heteroatoms. The van der Waals surface area contributed by atoms with E-state index in [2.05, 4.69) is 0 Å². The summed E-state index contributed by atoms with van der Waals surface area (Å²) < 4.78 is 0. The van der Waals surface area contributed by atoms with Gasteiger partial charge in [-0.3, -0.25) is 9.59 Å². The smallest absolute Gasteiger partial charge is 0.303 e. The van der Waals surface area contributed by atoms with Gasteiger partial charge in [-0.05, 0) is 25.7 Å². The average Bonchev–Trinajstić information content (AvgIpc) is 3.05. The number of nitrogens with zero attached hydrogens (tertiary/aromatic N) is 1. The minimum atomic E-state index is -0.906. The van der Waals surface area contributed by atoms with Crippen molar-refractivity contribution >= 4 is 11.9 Å². The summed E-state index contributed by atoms with van der Waals surface area (Å²) in [6.45, 7) is 2.75. The minimum absolute atomic E-state index is 0.0441. The van der Waals surface area contributed by atoms with Crippen LogP contribution in [0.3, 0.4) is 0 Å². The van der Waals surface area contributed by atoms with Gasteiger partial charge in [0, 0.05) is 19.0 Å². The molecule has 1 atom stereocenters. The molecule has 16 heavy (non-hydrogen) atoms. The Morgan fingerprint density at radius 1 is 1.50 bits per heavy atom. The van der Waals surface area contributed by atoms with E-state index in [0.29, 0.717) is 6.04 Å². The molecule has 1 unspecified atom stereocenters. The second kappa shape index (κ2) is 5.84. The third-order valence-corrected chi connectivity index (χ3v) is 2.72. The Hall–Kier alpha value is -1.10. The summed E-state index contributed by atoms with van der Waals surface area (Å²) in [5, 5.41) is 8.53. The molecule has 0 aromatic carbocycles. The molecule has 0 aromatic rings. The lowest BCUT2D eigenvalue weighted by Gasteiger charge is -2.24. The molecule has 0 spiro atoms. The van der Waals surface area contributed by atoms with Gasteiger partial charge in [0.2, 0.25) is 5.91 Å². The van der Waals surface area contributed by atoms with Crippen LogP contribution < -0.4 is 5.73 Å². The number of carbonyl (C=O) groups excluding carboxylic acids is 1. The van der Waals surface area contributed by atoms with Crippen LogP contribution in [0.15, 0.2) is 0 Å². The number of carboxylic acid groups (broad SMARTS) is 1. The van der Waals surface area contributed by atoms with Gasteiger partial charge in [0.25, 0.3) is 0 Å². The molecule has 3 N–H and O–H groups in total. The lowest BCUT2D eigenvalue weighted by molar-refractivity contribution is -0.137. The number of amides is 1. The van der Waals surface area contributed by atoms with Gasteiger partial charge in [-0.1, -0.05) is 6.92 Å². The Morgan fingerprint density at radius 3 is 2.56 bits per heavy atom. The third-order valence-electron chi connectivity index (χ3n) is 2.72. The van der Waals surface area contributed by atoms with E-state index in [1.165, 1.54) is 0 Å². The van der Waals surface area contributed by atoms with Gasteiger partial charge in [0.05, 0.1) is 6.04 Å². The van der Waals surface area contributed by atoms with E-state index >= 15 is 0 Å². The monoisotopic (exact) mass is 228 g/mol. The van der Waals surface area contributed by atoms with Crippen molar-refractivity contribution in [2.75, 3.05) is 6.54 Å². The van der Waals surface area contributed by atoms with Gasteiger partial charge in [-0.25, -0.2) is 0 Å². The Labute approximate surface area is 95.6 Å². The SMILES string of the molecule is CCCN(C(=O)C(N)CCC(=O)O)C1CC1. The van der Waals surface area contributed by atoms with Gasteiger partial charge >= 0.3 is 5.97 Å². The molecule has 1 amide bonds. The quantitative estimate of drug-likeness (QED) is 0.667. The maximum Gasteiger partial charge on any atom is 0.303 e. The molecule has 1 fully saturated rings. The van der Waals surface area contributed by atoms with Crippen molar-refractivity contribution < 1.29 is 14.7 Å². The molecule has 5 nitrogen and oxygen atoms in total. The first kappa shape index (κ1) is 13.0. The van der Waals surface area contributed by atoms with Gasteiger partial charge in [0.1, 0.15) is 0 Å². The Balaban J connectivity index is 2.42. The highest BCUT2D eigenvalue weighted by atomic mass is 16.4. The Bertz CT molecular complexity index is 264. The third kappa shape index (κ3) is 3.81. The predicted octanol–water partition coefficient (Wildman–Crippen LogP) is 0.580. The number of hydrogen-bond acceptors (Lipinski definition) is 3. The minimum Gasteiger partial charge on any atom is -0.481 e. The van der Waals surface area contributed by atoms with Crippen LogP contribution in [-0.4, -0.2) is 40.5 Å². The Kier molecular flexibility index (Phi) is 4.73. The second-order valence-corrected chi connectivity index (χ2v) is 4.30. The first-order chi connectivity index (χ1) is 7.56. The largest absolute Gasteiger partial charge is 0.481 e. The van der Waals surface area contributed by atoms with E-state index in [1.807, 2.05) is 11.8 Å². The van der Waals surface area contributed by atoms with Crippen LogP contribution in [0.5, 0.6) is 0 Å². The van der Waals surface area contributed by atoms with Crippen LogP contribution in [-0.2, 0) is 9.59 Å². The molecule has 1 aliphatic rings. The Morgan fingerprint density at radius 2 is 2.12 bits per heavy atom. The maximum atomic E-state index is 11.9. The van der Waals surface area contributed by atoms with Gasteiger partial charge in [-0.2, -0.15) is 0 Å². The zero-order valence-electron chi connectivity index (χ0n) is 9.69. The van der Waals surface area contributed by atoms with Crippen LogP contribution in [0.1, 0.15) is 39.0 Å². The molecule has 1 aliphatic carbocycles. The lowest BCUT2D eigenvalue weighted by atomic mass is 10.1. The van der Waals surface area contributed by atoms with Crippen molar-refractivity contribution in [3.63, 3.8) is 0 Å². The van der Waals surface area contributed by atoms with E-state index in [1.54, 1.807) is 0 Å². The predicted molar refractivity (Wildman–Crippen MR) is 59.9 cm³/mol. The van der Waals surface area contributed by atoms with E-state index in [4.69, 9.17) is 10.8 Å². The number of aliphatic carboxylic acids is 1. The molecule has 0 aliphatic heterocycles. The zero-order chi connectivity index (χ0) is 12.1. The van der Waals surface area contributed by atoms with Crippen molar-refractivity contribution in [2.24, 2.45) is 5.73 Å². The summed E-state index contributed by atoms with van der Waals surface area (Å²) in [5.41, 5.74) is 5.71. The zero-order valence-corrected chi connectivity index (χ0v) is 9.69. The van der Waals surface area contributed by atoms with Gasteiger partial charge in [-0.15, -0.1) is 0 Å². The molecule has 92 valence electrons. The summed E-state index contributed by atoms with van der Waals surface area (Å²) in [4.78, 5) is 24.1. The average molecular weight is 228 g/mol. The molecule has 1 rings (SSSR count). The number of hydrogen-bond donors (Lipinski definition) is 2. The van der Waals surface area contributed by atoms with Crippen molar-refractivity contribution in [3.05, 3.63) is 0 Å². The van der Waals surface area contributed by atoms with Gasteiger partial charge < -0.3 is 15.7 Å². The van der Waals surface area contributed by atoms with Crippen molar-refractivity contribution in [2.45, 2.75) is 51.1 Å². The van der Waals surface area contributed by atoms with Crippen molar-refractivity contribution in [1.82, 2.24) is 4.90 Å². The van der Waals surface area contributed by atoms with Crippen molar-refractivity contribution in [1.29, 1.82) is 0 Å². The second-order valence-electron chi connectivity index (χ2n) is 4.30. The highest BCUT2D eigenvalue weighted by Crippen LogP contribution is 2.27. The molecule has 0 bridgehead atoms. The van der Waals surface area contributed by atoms with E-state index in [-0.39, 0.29) is 18.7 Å². The van der Waals surface area contributed by atoms with E-state index in [9.17, 15) is 9.59 Å². The molecule has 0 aromatic heterocycles. The molecular weight excluding hydrogens is 208 g/mol. The number of rotatable bonds is 7. The first-order valence-corrected chi connectivity index (χ1v) is 5.84. The normalized spacial score (nSPS) is 16.9. The highest BCUT2D eigenvalue weighted by Gasteiger charge is 2.33. The molecular formula is C11H20N2O3. The van der Waals surface area contributed by atoms with Crippen LogP contribution in [0, 0.1) is 0 Å². The summed E-state index contributed by atoms with van der Waals surface area (Å²) in [6, 6.07) is -0.313. The van der Waals surface area contributed by atoms with Crippen LogP contribution in [0.4, 0.5) is 0 Å². The molecule has 0 radical (unpaired) electrons. The fraction of sp³-hybridized carbons (Fsp3) is 0.818.